The summed E-state index contributed by atoms with van der Waals surface area (Å²) in [6.07, 6.45) is 2.05. The molecule has 2 rings (SSSR count). The maximum atomic E-state index is 6.57. The van der Waals surface area contributed by atoms with Crippen molar-refractivity contribution in [2.24, 2.45) is 0 Å². The van der Waals surface area contributed by atoms with Crippen molar-refractivity contribution in [2.45, 2.75) is 60.4 Å². The Hall–Kier alpha value is -1.81. The van der Waals surface area contributed by atoms with Gasteiger partial charge in [0.15, 0.2) is 11.6 Å². The molecule has 0 unspecified atom stereocenters. The normalized spacial score (nSPS) is 11.0. The molecular formula is C19H27ClN4. The molecule has 0 saturated carbocycles. The number of nitrogens with one attached hydrogen (secondary N) is 2. The molecule has 24 heavy (non-hydrogen) atoms. The van der Waals surface area contributed by atoms with E-state index in [1.54, 1.807) is 0 Å². The summed E-state index contributed by atoms with van der Waals surface area (Å²) in [4.78, 5) is 8.97. The van der Waals surface area contributed by atoms with E-state index in [0.29, 0.717) is 28.5 Å². The fraction of sp³-hybridized carbons (Fsp3) is 0.474. The quantitative estimate of drug-likeness (QED) is 0.703. The fourth-order valence-corrected chi connectivity index (χ4v) is 3.11. The van der Waals surface area contributed by atoms with Gasteiger partial charge in [-0.1, -0.05) is 43.1 Å². The first-order chi connectivity index (χ1) is 11.3. The van der Waals surface area contributed by atoms with Crippen LogP contribution in [-0.2, 0) is 0 Å². The van der Waals surface area contributed by atoms with Crippen molar-refractivity contribution in [2.75, 3.05) is 10.6 Å². The molecule has 1 heterocycles. The van der Waals surface area contributed by atoms with E-state index in [-0.39, 0.29) is 0 Å². The third-order valence-corrected chi connectivity index (χ3v) is 4.57. The van der Waals surface area contributed by atoms with Crippen molar-refractivity contribution < 1.29 is 0 Å². The Labute approximate surface area is 150 Å². The number of benzene rings is 1. The molecule has 2 N–H and O–H groups in total. The fourth-order valence-electron chi connectivity index (χ4n) is 2.92. The molecule has 0 aliphatic carbocycles. The van der Waals surface area contributed by atoms with E-state index in [0.717, 1.165) is 18.5 Å². The van der Waals surface area contributed by atoms with E-state index in [1.165, 1.54) is 16.7 Å². The van der Waals surface area contributed by atoms with E-state index in [1.807, 2.05) is 6.92 Å². The lowest BCUT2D eigenvalue weighted by Gasteiger charge is -2.19. The summed E-state index contributed by atoms with van der Waals surface area (Å²) >= 11 is 6.57. The Kier molecular flexibility index (Phi) is 6.05. The number of hydrogen-bond acceptors (Lipinski definition) is 4. The van der Waals surface area contributed by atoms with E-state index in [2.05, 4.69) is 67.4 Å². The molecule has 0 aliphatic rings. The average molecular weight is 347 g/mol. The Morgan fingerprint density at radius 2 is 1.50 bits per heavy atom. The molecule has 2 aromatic rings. The zero-order chi connectivity index (χ0) is 17.9. The van der Waals surface area contributed by atoms with Crippen LogP contribution < -0.4 is 10.6 Å². The summed E-state index contributed by atoms with van der Waals surface area (Å²) in [7, 11) is 0. The topological polar surface area (TPSA) is 49.8 Å². The van der Waals surface area contributed by atoms with Crippen LogP contribution in [0.5, 0.6) is 0 Å². The second-order valence-electron chi connectivity index (χ2n) is 6.34. The molecular weight excluding hydrogens is 320 g/mol. The Bertz CT molecular complexity index is 701. The summed E-state index contributed by atoms with van der Waals surface area (Å²) < 4.78 is 0. The van der Waals surface area contributed by atoms with E-state index in [9.17, 15) is 0 Å². The highest BCUT2D eigenvalue weighted by Crippen LogP contribution is 2.32. The van der Waals surface area contributed by atoms with Crippen molar-refractivity contribution in [3.05, 3.63) is 39.7 Å². The van der Waals surface area contributed by atoms with Crippen molar-refractivity contribution in [1.29, 1.82) is 0 Å². The maximum absolute atomic E-state index is 6.57. The monoisotopic (exact) mass is 346 g/mol. The van der Waals surface area contributed by atoms with Gasteiger partial charge in [0.1, 0.15) is 10.8 Å². The molecule has 130 valence electrons. The van der Waals surface area contributed by atoms with Crippen LogP contribution in [0, 0.1) is 27.7 Å². The summed E-state index contributed by atoms with van der Waals surface area (Å²) in [5.74, 6) is 2.04. The second-order valence-corrected chi connectivity index (χ2v) is 6.72. The van der Waals surface area contributed by atoms with Gasteiger partial charge in [-0.15, -0.1) is 0 Å². The summed E-state index contributed by atoms with van der Waals surface area (Å²) in [5, 5.41) is 7.37. The van der Waals surface area contributed by atoms with Gasteiger partial charge in [-0.05, 0) is 51.7 Å². The minimum atomic E-state index is 0.354. The maximum Gasteiger partial charge on any atom is 0.155 e. The molecule has 4 nitrogen and oxygen atoms in total. The van der Waals surface area contributed by atoms with Crippen LogP contribution in [0.15, 0.2) is 12.1 Å². The van der Waals surface area contributed by atoms with E-state index < -0.39 is 0 Å². The molecule has 0 aliphatic heterocycles. The third-order valence-electron chi connectivity index (χ3n) is 4.21. The van der Waals surface area contributed by atoms with Gasteiger partial charge in [0.05, 0.1) is 0 Å². The largest absolute Gasteiger partial charge is 0.366 e. The lowest BCUT2D eigenvalue weighted by atomic mass is 10.1. The van der Waals surface area contributed by atoms with Crippen molar-refractivity contribution in [1.82, 2.24) is 9.97 Å². The number of hydrogen-bond donors (Lipinski definition) is 2. The smallest absolute Gasteiger partial charge is 0.155 e. The first-order valence-corrected chi connectivity index (χ1v) is 8.89. The van der Waals surface area contributed by atoms with Gasteiger partial charge in [0.2, 0.25) is 0 Å². The minimum absolute atomic E-state index is 0.354. The number of rotatable bonds is 6. The van der Waals surface area contributed by atoms with Gasteiger partial charge in [0.25, 0.3) is 0 Å². The molecule has 1 aromatic heterocycles. The molecule has 0 saturated heterocycles. The van der Waals surface area contributed by atoms with Crippen LogP contribution in [-0.4, -0.2) is 16.0 Å². The van der Waals surface area contributed by atoms with Crippen LogP contribution >= 0.6 is 11.6 Å². The van der Waals surface area contributed by atoms with E-state index in [4.69, 9.17) is 11.6 Å². The zero-order valence-corrected chi connectivity index (χ0v) is 16.2. The first-order valence-electron chi connectivity index (χ1n) is 8.51. The summed E-state index contributed by atoms with van der Waals surface area (Å²) in [6.45, 7) is 12.5. The highest BCUT2D eigenvalue weighted by Gasteiger charge is 2.15. The van der Waals surface area contributed by atoms with Crippen LogP contribution in [0.4, 0.5) is 17.3 Å². The molecule has 0 fully saturated rings. The molecule has 0 amide bonds. The van der Waals surface area contributed by atoms with Gasteiger partial charge in [-0.25, -0.2) is 9.97 Å². The molecule has 0 atom stereocenters. The van der Waals surface area contributed by atoms with Crippen LogP contribution in [0.25, 0.3) is 0 Å². The molecule has 1 aromatic carbocycles. The van der Waals surface area contributed by atoms with Crippen LogP contribution in [0.2, 0.25) is 5.02 Å². The standard InChI is InChI=1S/C19H27ClN4/c1-7-15(8-2)23-18-16(20)19(22-14(6)21-18)24-17-12(4)9-11(3)10-13(17)5/h9-10,15H,7-8H2,1-6H3,(H2,21,22,23,24). The Morgan fingerprint density at radius 1 is 0.958 bits per heavy atom. The summed E-state index contributed by atoms with van der Waals surface area (Å²) in [6, 6.07) is 4.66. The second kappa shape index (κ2) is 7.84. The molecule has 0 radical (unpaired) electrons. The number of aryl methyl sites for hydroxylation is 4. The SMILES string of the molecule is CCC(CC)Nc1nc(C)nc(Nc2c(C)cc(C)cc2C)c1Cl. The number of nitrogens with zero attached hydrogens (tertiary/aromatic N) is 2. The van der Waals surface area contributed by atoms with Gasteiger partial charge in [-0.3, -0.25) is 0 Å². The highest BCUT2D eigenvalue weighted by molar-refractivity contribution is 6.35. The lowest BCUT2D eigenvalue weighted by Crippen LogP contribution is -2.19. The van der Waals surface area contributed by atoms with Crippen LogP contribution in [0.3, 0.4) is 0 Å². The molecule has 0 spiro atoms. The number of aromatic nitrogens is 2. The van der Waals surface area contributed by atoms with Crippen LogP contribution in [0.1, 0.15) is 49.2 Å². The minimum Gasteiger partial charge on any atom is -0.366 e. The predicted octanol–water partition coefficient (Wildman–Crippen LogP) is 5.71. The highest BCUT2D eigenvalue weighted by atomic mass is 35.5. The Morgan fingerprint density at radius 3 is 2.04 bits per heavy atom. The number of anilines is 3. The lowest BCUT2D eigenvalue weighted by molar-refractivity contribution is 0.668. The van der Waals surface area contributed by atoms with Gasteiger partial charge >= 0.3 is 0 Å². The van der Waals surface area contributed by atoms with Gasteiger partial charge < -0.3 is 10.6 Å². The molecule has 5 heteroatoms. The van der Waals surface area contributed by atoms with Crippen molar-refractivity contribution >= 4 is 28.9 Å². The zero-order valence-electron chi connectivity index (χ0n) is 15.4. The third kappa shape index (κ3) is 4.18. The first kappa shape index (κ1) is 18.5. The van der Waals surface area contributed by atoms with Gasteiger partial charge in [0, 0.05) is 11.7 Å². The van der Waals surface area contributed by atoms with Crippen molar-refractivity contribution in [3.63, 3.8) is 0 Å². The van der Waals surface area contributed by atoms with Crippen molar-refractivity contribution in [3.8, 4) is 0 Å². The number of halogens is 1. The van der Waals surface area contributed by atoms with E-state index >= 15 is 0 Å². The molecule has 0 bridgehead atoms. The predicted molar refractivity (Wildman–Crippen MR) is 104 cm³/mol. The Balaban J connectivity index is 2.39. The summed E-state index contributed by atoms with van der Waals surface area (Å²) in [5.41, 5.74) is 4.65. The van der Waals surface area contributed by atoms with Gasteiger partial charge in [-0.2, -0.15) is 0 Å². The average Bonchev–Trinajstić information content (AvgIpc) is 2.52.